The van der Waals surface area contributed by atoms with E-state index in [0.717, 1.165) is 41.5 Å². The van der Waals surface area contributed by atoms with Crippen molar-refractivity contribution in [3.8, 4) is 5.75 Å². The number of carbonyl (C=O) groups excluding carboxylic acids is 2. The molecule has 0 heterocycles. The summed E-state index contributed by atoms with van der Waals surface area (Å²) in [5.74, 6) is 0.692. The molecule has 2 aromatic carbocycles. The summed E-state index contributed by atoms with van der Waals surface area (Å²) >= 11 is 3.44. The van der Waals surface area contributed by atoms with E-state index in [4.69, 9.17) is 4.74 Å². The van der Waals surface area contributed by atoms with Crippen LogP contribution in [0.1, 0.15) is 51.0 Å². The molecule has 5 nitrogen and oxygen atoms in total. The summed E-state index contributed by atoms with van der Waals surface area (Å²) in [7, 11) is 0. The van der Waals surface area contributed by atoms with Crippen LogP contribution in [0.2, 0.25) is 0 Å². The van der Waals surface area contributed by atoms with Gasteiger partial charge in [-0.15, -0.1) is 0 Å². The first kappa shape index (κ1) is 23.3. The van der Waals surface area contributed by atoms with Crippen molar-refractivity contribution in [1.82, 2.24) is 10.2 Å². The topological polar surface area (TPSA) is 58.6 Å². The van der Waals surface area contributed by atoms with Gasteiger partial charge in [-0.2, -0.15) is 0 Å². The van der Waals surface area contributed by atoms with E-state index < -0.39 is 6.04 Å². The van der Waals surface area contributed by atoms with Gasteiger partial charge in [0.15, 0.2) is 0 Å². The largest absolute Gasteiger partial charge is 0.494 e. The molecule has 1 aliphatic rings. The van der Waals surface area contributed by atoms with Crippen molar-refractivity contribution in [3.63, 3.8) is 0 Å². The van der Waals surface area contributed by atoms with Gasteiger partial charge >= 0.3 is 0 Å². The third kappa shape index (κ3) is 7.39. The zero-order valence-corrected chi connectivity index (χ0v) is 19.6. The molecule has 31 heavy (non-hydrogen) atoms. The van der Waals surface area contributed by atoms with Crippen LogP contribution in [0.15, 0.2) is 59.1 Å². The van der Waals surface area contributed by atoms with Crippen LogP contribution in [0.25, 0.3) is 0 Å². The highest BCUT2D eigenvalue weighted by atomic mass is 79.9. The molecule has 1 atom stereocenters. The molecule has 0 aliphatic heterocycles. The number of amides is 2. The maximum atomic E-state index is 13.1. The predicted octanol–water partition coefficient (Wildman–Crippen LogP) is 5.08. The second-order valence-electron chi connectivity index (χ2n) is 8.08. The number of halogens is 1. The third-order valence-corrected chi connectivity index (χ3v) is 6.21. The highest BCUT2D eigenvalue weighted by Crippen LogP contribution is 2.19. The maximum absolute atomic E-state index is 13.1. The first-order valence-corrected chi connectivity index (χ1v) is 11.8. The summed E-state index contributed by atoms with van der Waals surface area (Å²) in [6.07, 6.45) is 5.29. The number of hydrogen-bond donors (Lipinski definition) is 1. The molecule has 2 amide bonds. The van der Waals surface area contributed by atoms with Crippen LogP contribution in [-0.2, 0) is 16.1 Å². The second-order valence-corrected chi connectivity index (χ2v) is 8.99. The Labute approximate surface area is 193 Å². The lowest BCUT2D eigenvalue weighted by Gasteiger charge is -2.30. The average Bonchev–Trinajstić information content (AvgIpc) is 3.29. The van der Waals surface area contributed by atoms with Gasteiger partial charge in [0.25, 0.3) is 0 Å². The predicted molar refractivity (Wildman–Crippen MR) is 126 cm³/mol. The van der Waals surface area contributed by atoms with Crippen LogP contribution in [-0.4, -0.2) is 35.4 Å². The van der Waals surface area contributed by atoms with Crippen molar-refractivity contribution in [2.24, 2.45) is 0 Å². The van der Waals surface area contributed by atoms with Gasteiger partial charge in [-0.3, -0.25) is 9.59 Å². The first-order chi connectivity index (χ1) is 15.0. The number of nitrogens with zero attached hydrogens (tertiary/aromatic N) is 1. The summed E-state index contributed by atoms with van der Waals surface area (Å²) in [5.41, 5.74) is 0.998. The molecule has 1 fully saturated rings. The fourth-order valence-corrected chi connectivity index (χ4v) is 4.10. The van der Waals surface area contributed by atoms with Gasteiger partial charge in [0, 0.05) is 23.5 Å². The standard InChI is InChI=1S/C25H31BrN2O3/c1-19(25(30)27-22-8-5-6-9-22)28(18-20-13-15-21(26)16-14-20)24(29)12-7-17-31-23-10-3-2-4-11-23/h2-4,10-11,13-16,19,22H,5-9,12,17-18H2,1H3,(H,27,30). The highest BCUT2D eigenvalue weighted by molar-refractivity contribution is 9.10. The second kappa shape index (κ2) is 11.9. The Bertz CT molecular complexity index is 836. The SMILES string of the molecule is CC(C(=O)NC1CCCC1)N(Cc1ccc(Br)cc1)C(=O)CCCOc1ccccc1. The molecule has 0 spiro atoms. The quantitative estimate of drug-likeness (QED) is 0.476. The molecule has 1 saturated carbocycles. The van der Waals surface area contributed by atoms with Crippen molar-refractivity contribution in [2.45, 2.75) is 64.1 Å². The molecular formula is C25H31BrN2O3. The van der Waals surface area contributed by atoms with Gasteiger partial charge in [0.05, 0.1) is 6.61 Å². The number of rotatable bonds is 10. The Morgan fingerprint density at radius 1 is 1.10 bits per heavy atom. The van der Waals surface area contributed by atoms with Crippen LogP contribution in [0.4, 0.5) is 0 Å². The molecule has 1 N–H and O–H groups in total. The van der Waals surface area contributed by atoms with Gasteiger partial charge in [-0.05, 0) is 56.0 Å². The molecule has 166 valence electrons. The minimum absolute atomic E-state index is 0.0337. The van der Waals surface area contributed by atoms with Crippen LogP contribution in [0.5, 0.6) is 5.75 Å². The average molecular weight is 487 g/mol. The summed E-state index contributed by atoms with van der Waals surface area (Å²) < 4.78 is 6.69. The number of nitrogens with one attached hydrogen (secondary N) is 1. The zero-order valence-electron chi connectivity index (χ0n) is 18.1. The Morgan fingerprint density at radius 3 is 2.45 bits per heavy atom. The van der Waals surface area contributed by atoms with E-state index in [2.05, 4.69) is 21.2 Å². The fraction of sp³-hybridized carbons (Fsp3) is 0.440. The minimum Gasteiger partial charge on any atom is -0.494 e. The number of para-hydroxylation sites is 1. The van der Waals surface area contributed by atoms with Crippen molar-refractivity contribution >= 4 is 27.7 Å². The van der Waals surface area contributed by atoms with E-state index in [1.165, 1.54) is 0 Å². The molecule has 1 aliphatic carbocycles. The first-order valence-electron chi connectivity index (χ1n) is 11.0. The Hall–Kier alpha value is -2.34. The molecule has 0 radical (unpaired) electrons. The van der Waals surface area contributed by atoms with Crippen LogP contribution < -0.4 is 10.1 Å². The summed E-state index contributed by atoms with van der Waals surface area (Å²) in [4.78, 5) is 27.6. The summed E-state index contributed by atoms with van der Waals surface area (Å²) in [6.45, 7) is 2.69. The number of benzene rings is 2. The smallest absolute Gasteiger partial charge is 0.242 e. The number of ether oxygens (including phenoxy) is 1. The normalized spacial score (nSPS) is 14.8. The number of carbonyl (C=O) groups is 2. The molecule has 0 aromatic heterocycles. The van der Waals surface area contributed by atoms with Gasteiger partial charge in [0.2, 0.25) is 11.8 Å². The van der Waals surface area contributed by atoms with Gasteiger partial charge in [-0.1, -0.05) is 59.1 Å². The lowest BCUT2D eigenvalue weighted by molar-refractivity contribution is -0.141. The summed E-state index contributed by atoms with van der Waals surface area (Å²) in [6, 6.07) is 17.2. The lowest BCUT2D eigenvalue weighted by atomic mass is 10.1. The van der Waals surface area contributed by atoms with Crippen molar-refractivity contribution in [3.05, 3.63) is 64.6 Å². The number of hydrogen-bond acceptors (Lipinski definition) is 3. The molecule has 3 rings (SSSR count). The van der Waals surface area contributed by atoms with E-state index in [9.17, 15) is 9.59 Å². The third-order valence-electron chi connectivity index (χ3n) is 5.68. The Kier molecular flexibility index (Phi) is 8.95. The van der Waals surface area contributed by atoms with Gasteiger partial charge in [-0.25, -0.2) is 0 Å². The van der Waals surface area contributed by atoms with E-state index in [1.54, 1.807) is 4.90 Å². The zero-order chi connectivity index (χ0) is 22.1. The fourth-order valence-electron chi connectivity index (χ4n) is 3.83. The van der Waals surface area contributed by atoms with Gasteiger partial charge < -0.3 is 15.0 Å². The van der Waals surface area contributed by atoms with Crippen molar-refractivity contribution < 1.29 is 14.3 Å². The molecule has 2 aromatic rings. The van der Waals surface area contributed by atoms with E-state index in [1.807, 2.05) is 61.5 Å². The van der Waals surface area contributed by atoms with Crippen molar-refractivity contribution in [2.75, 3.05) is 6.61 Å². The summed E-state index contributed by atoms with van der Waals surface area (Å²) in [5, 5.41) is 3.13. The van der Waals surface area contributed by atoms with Crippen molar-refractivity contribution in [1.29, 1.82) is 0 Å². The Morgan fingerprint density at radius 2 is 1.77 bits per heavy atom. The van der Waals surface area contributed by atoms with Crippen LogP contribution >= 0.6 is 15.9 Å². The van der Waals surface area contributed by atoms with Crippen LogP contribution in [0, 0.1) is 0 Å². The van der Waals surface area contributed by atoms with E-state index >= 15 is 0 Å². The molecule has 1 unspecified atom stereocenters. The minimum atomic E-state index is -0.521. The van der Waals surface area contributed by atoms with E-state index in [-0.39, 0.29) is 17.9 Å². The highest BCUT2D eigenvalue weighted by Gasteiger charge is 2.28. The molecule has 0 bridgehead atoms. The molecule has 0 saturated heterocycles. The van der Waals surface area contributed by atoms with Gasteiger partial charge in [0.1, 0.15) is 11.8 Å². The molecule has 6 heteroatoms. The Balaban J connectivity index is 1.59. The monoisotopic (exact) mass is 486 g/mol. The van der Waals surface area contributed by atoms with E-state index in [0.29, 0.717) is 26.0 Å². The maximum Gasteiger partial charge on any atom is 0.242 e. The lowest BCUT2D eigenvalue weighted by Crippen LogP contribution is -2.49. The molecular weight excluding hydrogens is 456 g/mol. The van der Waals surface area contributed by atoms with Crippen LogP contribution in [0.3, 0.4) is 0 Å².